The van der Waals surface area contributed by atoms with Gasteiger partial charge in [-0.3, -0.25) is 4.79 Å². The van der Waals surface area contributed by atoms with Crippen molar-refractivity contribution in [1.29, 1.82) is 0 Å². The van der Waals surface area contributed by atoms with E-state index >= 15 is 0 Å². The zero-order valence-electron chi connectivity index (χ0n) is 13.7. The Morgan fingerprint density at radius 2 is 1.70 bits per heavy atom. The fourth-order valence-corrected chi connectivity index (χ4v) is 3.25. The van der Waals surface area contributed by atoms with Crippen molar-refractivity contribution in [3.8, 4) is 11.5 Å². The third-order valence-corrected chi connectivity index (χ3v) is 4.50. The first kappa shape index (κ1) is 15.4. The SMILES string of the molecule is COc1cccc(OC)c1C(=O)N1CCc2ccccc2C1C. The predicted octanol–water partition coefficient (Wildman–Crippen LogP) is 3.46. The van der Waals surface area contributed by atoms with Crippen molar-refractivity contribution in [2.24, 2.45) is 0 Å². The lowest BCUT2D eigenvalue weighted by Gasteiger charge is -2.35. The molecule has 0 radical (unpaired) electrons. The van der Waals surface area contributed by atoms with Gasteiger partial charge in [-0.25, -0.2) is 0 Å². The zero-order valence-corrected chi connectivity index (χ0v) is 13.7. The summed E-state index contributed by atoms with van der Waals surface area (Å²) in [5, 5.41) is 0. The van der Waals surface area contributed by atoms with Crippen molar-refractivity contribution in [1.82, 2.24) is 4.90 Å². The van der Waals surface area contributed by atoms with Crippen molar-refractivity contribution in [3.63, 3.8) is 0 Å². The second kappa shape index (κ2) is 6.32. The number of carbonyl (C=O) groups is 1. The van der Waals surface area contributed by atoms with Gasteiger partial charge in [0.25, 0.3) is 5.91 Å². The fraction of sp³-hybridized carbons (Fsp3) is 0.316. The monoisotopic (exact) mass is 311 g/mol. The number of nitrogens with zero attached hydrogens (tertiary/aromatic N) is 1. The second-order valence-electron chi connectivity index (χ2n) is 5.66. The van der Waals surface area contributed by atoms with E-state index in [1.165, 1.54) is 11.1 Å². The third-order valence-electron chi connectivity index (χ3n) is 4.50. The fourth-order valence-electron chi connectivity index (χ4n) is 3.25. The molecule has 120 valence electrons. The molecule has 0 N–H and O–H groups in total. The van der Waals surface area contributed by atoms with Gasteiger partial charge in [0, 0.05) is 6.54 Å². The van der Waals surface area contributed by atoms with Crippen LogP contribution in [0.2, 0.25) is 0 Å². The van der Waals surface area contributed by atoms with Gasteiger partial charge in [-0.1, -0.05) is 30.3 Å². The van der Waals surface area contributed by atoms with Gasteiger partial charge in [-0.2, -0.15) is 0 Å². The average molecular weight is 311 g/mol. The van der Waals surface area contributed by atoms with E-state index in [9.17, 15) is 4.79 Å². The van der Waals surface area contributed by atoms with Crippen LogP contribution in [0.4, 0.5) is 0 Å². The van der Waals surface area contributed by atoms with Gasteiger partial charge < -0.3 is 14.4 Å². The molecule has 0 fully saturated rings. The first-order chi connectivity index (χ1) is 11.2. The van der Waals surface area contributed by atoms with E-state index in [2.05, 4.69) is 19.1 Å². The highest BCUT2D eigenvalue weighted by atomic mass is 16.5. The molecule has 1 aliphatic rings. The van der Waals surface area contributed by atoms with Gasteiger partial charge in [0.2, 0.25) is 0 Å². The maximum atomic E-state index is 13.1. The van der Waals surface area contributed by atoms with E-state index in [0.29, 0.717) is 23.6 Å². The van der Waals surface area contributed by atoms with Gasteiger partial charge >= 0.3 is 0 Å². The van der Waals surface area contributed by atoms with Crippen LogP contribution >= 0.6 is 0 Å². The minimum atomic E-state index is -0.0543. The van der Waals surface area contributed by atoms with Crippen LogP contribution in [0.5, 0.6) is 11.5 Å². The van der Waals surface area contributed by atoms with E-state index in [-0.39, 0.29) is 11.9 Å². The molecule has 1 aliphatic heterocycles. The van der Waals surface area contributed by atoms with Crippen LogP contribution in [0.25, 0.3) is 0 Å². The molecule has 0 saturated carbocycles. The van der Waals surface area contributed by atoms with Crippen molar-refractivity contribution >= 4 is 5.91 Å². The zero-order chi connectivity index (χ0) is 16.4. The van der Waals surface area contributed by atoms with E-state index < -0.39 is 0 Å². The Morgan fingerprint density at radius 3 is 2.35 bits per heavy atom. The molecule has 0 aromatic heterocycles. The number of carbonyl (C=O) groups excluding carboxylic acids is 1. The molecule has 0 saturated heterocycles. The first-order valence-electron chi connectivity index (χ1n) is 7.77. The van der Waals surface area contributed by atoms with Crippen LogP contribution in [0.15, 0.2) is 42.5 Å². The molecule has 1 unspecified atom stereocenters. The average Bonchev–Trinajstić information content (AvgIpc) is 2.61. The summed E-state index contributed by atoms with van der Waals surface area (Å²) in [6.45, 7) is 2.76. The Kier molecular flexibility index (Phi) is 4.24. The maximum absolute atomic E-state index is 13.1. The third kappa shape index (κ3) is 2.65. The second-order valence-corrected chi connectivity index (χ2v) is 5.66. The quantitative estimate of drug-likeness (QED) is 0.871. The number of benzene rings is 2. The van der Waals surface area contributed by atoms with Crippen LogP contribution < -0.4 is 9.47 Å². The summed E-state index contributed by atoms with van der Waals surface area (Å²) in [5.74, 6) is 1.03. The summed E-state index contributed by atoms with van der Waals surface area (Å²) in [6.07, 6.45) is 0.865. The molecule has 0 spiro atoms. The number of fused-ring (bicyclic) bond motifs is 1. The molecule has 1 atom stereocenters. The number of methoxy groups -OCH3 is 2. The molecule has 3 rings (SSSR count). The van der Waals surface area contributed by atoms with E-state index in [1.807, 2.05) is 23.1 Å². The van der Waals surface area contributed by atoms with Crippen LogP contribution in [-0.2, 0) is 6.42 Å². The van der Waals surface area contributed by atoms with Crippen LogP contribution in [0.3, 0.4) is 0 Å². The van der Waals surface area contributed by atoms with Crippen molar-refractivity contribution < 1.29 is 14.3 Å². The molecule has 4 heteroatoms. The van der Waals surface area contributed by atoms with Crippen LogP contribution in [-0.4, -0.2) is 31.6 Å². The van der Waals surface area contributed by atoms with Crippen molar-refractivity contribution in [2.75, 3.05) is 20.8 Å². The Labute approximate surface area is 136 Å². The molecule has 0 aliphatic carbocycles. The molecule has 0 bridgehead atoms. The molecule has 2 aromatic rings. The number of amides is 1. The Morgan fingerprint density at radius 1 is 1.04 bits per heavy atom. The van der Waals surface area contributed by atoms with E-state index in [4.69, 9.17) is 9.47 Å². The normalized spacial score (nSPS) is 16.7. The topological polar surface area (TPSA) is 38.8 Å². The predicted molar refractivity (Wildman–Crippen MR) is 89.1 cm³/mol. The largest absolute Gasteiger partial charge is 0.496 e. The summed E-state index contributed by atoms with van der Waals surface area (Å²) in [6, 6.07) is 13.7. The highest BCUT2D eigenvalue weighted by Gasteiger charge is 2.31. The van der Waals surface area contributed by atoms with Gasteiger partial charge in [0.1, 0.15) is 17.1 Å². The molecule has 1 amide bonds. The summed E-state index contributed by atoms with van der Waals surface area (Å²) >= 11 is 0. The Bertz CT molecular complexity index is 704. The number of hydrogen-bond acceptors (Lipinski definition) is 3. The van der Waals surface area contributed by atoms with Gasteiger partial charge in [-0.15, -0.1) is 0 Å². The van der Waals surface area contributed by atoms with Crippen LogP contribution in [0.1, 0.15) is 34.5 Å². The summed E-state index contributed by atoms with van der Waals surface area (Å²) < 4.78 is 10.8. The smallest absolute Gasteiger partial charge is 0.261 e. The number of ether oxygens (including phenoxy) is 2. The summed E-state index contributed by atoms with van der Waals surface area (Å²) in [7, 11) is 3.14. The standard InChI is InChI=1S/C19H21NO3/c1-13-15-8-5-4-7-14(15)11-12-20(13)19(21)18-16(22-2)9-6-10-17(18)23-3/h4-10,13H,11-12H2,1-3H3. The van der Waals surface area contributed by atoms with Crippen molar-refractivity contribution in [2.45, 2.75) is 19.4 Å². The lowest BCUT2D eigenvalue weighted by Crippen LogP contribution is -2.39. The maximum Gasteiger partial charge on any atom is 0.261 e. The van der Waals surface area contributed by atoms with E-state index in [0.717, 1.165) is 6.42 Å². The molecule has 1 heterocycles. The summed E-state index contributed by atoms with van der Waals surface area (Å²) in [4.78, 5) is 15.0. The highest BCUT2D eigenvalue weighted by Crippen LogP contribution is 2.35. The van der Waals surface area contributed by atoms with Crippen LogP contribution in [0, 0.1) is 0 Å². The van der Waals surface area contributed by atoms with Gasteiger partial charge in [-0.05, 0) is 36.6 Å². The molecule has 2 aromatic carbocycles. The number of hydrogen-bond donors (Lipinski definition) is 0. The lowest BCUT2D eigenvalue weighted by molar-refractivity contribution is 0.0670. The summed E-state index contributed by atoms with van der Waals surface area (Å²) in [5.41, 5.74) is 3.01. The number of rotatable bonds is 3. The lowest BCUT2D eigenvalue weighted by atomic mass is 9.93. The molecular weight excluding hydrogens is 290 g/mol. The van der Waals surface area contributed by atoms with E-state index in [1.54, 1.807) is 26.4 Å². The Balaban J connectivity index is 1.99. The minimum Gasteiger partial charge on any atom is -0.496 e. The molecule has 23 heavy (non-hydrogen) atoms. The van der Waals surface area contributed by atoms with Crippen molar-refractivity contribution in [3.05, 3.63) is 59.2 Å². The highest BCUT2D eigenvalue weighted by molar-refractivity contribution is 6.00. The molecule has 4 nitrogen and oxygen atoms in total. The van der Waals surface area contributed by atoms with Gasteiger partial charge in [0.15, 0.2) is 0 Å². The first-order valence-corrected chi connectivity index (χ1v) is 7.77. The Hall–Kier alpha value is -2.49. The van der Waals surface area contributed by atoms with Gasteiger partial charge in [0.05, 0.1) is 20.3 Å². The minimum absolute atomic E-state index is 0.0297. The molecular formula is C19H21NO3.